The van der Waals surface area contributed by atoms with E-state index in [1.54, 1.807) is 0 Å². The van der Waals surface area contributed by atoms with Crippen LogP contribution in [0.2, 0.25) is 0 Å². The van der Waals surface area contributed by atoms with Crippen LogP contribution in [0.15, 0.2) is 12.1 Å². The van der Waals surface area contributed by atoms with E-state index in [9.17, 15) is 19.2 Å². The highest BCUT2D eigenvalue weighted by Crippen LogP contribution is 2.17. The first-order valence-corrected chi connectivity index (χ1v) is 4.49. The average molecular weight is 236 g/mol. The maximum atomic E-state index is 11.2. The molecule has 0 saturated carbocycles. The minimum atomic E-state index is -1.43. The Morgan fingerprint density at radius 3 is 1.88 bits per heavy atom. The third-order valence-electron chi connectivity index (χ3n) is 2.16. The maximum absolute atomic E-state index is 11.2. The smallest absolute Gasteiger partial charge is 0.336 e. The van der Waals surface area contributed by atoms with Crippen LogP contribution in [0.4, 0.5) is 0 Å². The number of aldehydes is 1. The zero-order chi connectivity index (χ0) is 13.2. The summed E-state index contributed by atoms with van der Waals surface area (Å²) in [5.74, 6) is -3.40. The lowest BCUT2D eigenvalue weighted by molar-refractivity contribution is 0.0691. The van der Waals surface area contributed by atoms with Gasteiger partial charge in [0.2, 0.25) is 0 Å². The van der Waals surface area contributed by atoms with Crippen LogP contribution in [0.1, 0.15) is 48.4 Å². The van der Waals surface area contributed by atoms with E-state index >= 15 is 0 Å². The van der Waals surface area contributed by atoms with E-state index in [-0.39, 0.29) is 17.4 Å². The Hall–Kier alpha value is -2.50. The highest BCUT2D eigenvalue weighted by molar-refractivity contribution is 6.09. The van der Waals surface area contributed by atoms with Gasteiger partial charge in [-0.25, -0.2) is 9.59 Å². The summed E-state index contributed by atoms with van der Waals surface area (Å²) in [6, 6.07) is 1.79. The molecule has 1 aromatic rings. The monoisotopic (exact) mass is 236 g/mol. The zero-order valence-corrected chi connectivity index (χ0v) is 8.76. The number of ketones is 1. The second kappa shape index (κ2) is 4.56. The average Bonchev–Trinajstić information content (AvgIpc) is 2.26. The molecule has 0 radical (unpaired) electrons. The fourth-order valence-electron chi connectivity index (χ4n) is 1.37. The molecule has 0 fully saturated rings. The van der Waals surface area contributed by atoms with Gasteiger partial charge in [-0.05, 0) is 19.1 Å². The molecule has 0 saturated heterocycles. The summed E-state index contributed by atoms with van der Waals surface area (Å²) < 4.78 is 0. The van der Waals surface area contributed by atoms with Crippen molar-refractivity contribution in [3.8, 4) is 0 Å². The molecule has 0 atom stereocenters. The molecule has 0 aromatic heterocycles. The van der Waals surface area contributed by atoms with Crippen LogP contribution in [0.5, 0.6) is 0 Å². The number of benzene rings is 1. The van der Waals surface area contributed by atoms with Gasteiger partial charge in [0.15, 0.2) is 12.1 Å². The largest absolute Gasteiger partial charge is 0.478 e. The topological polar surface area (TPSA) is 109 Å². The molecule has 0 aliphatic heterocycles. The van der Waals surface area contributed by atoms with Crippen molar-refractivity contribution in [1.82, 2.24) is 0 Å². The van der Waals surface area contributed by atoms with Crippen LogP contribution in [-0.2, 0) is 0 Å². The van der Waals surface area contributed by atoms with E-state index in [1.165, 1.54) is 0 Å². The lowest BCUT2D eigenvalue weighted by atomic mass is 9.97. The van der Waals surface area contributed by atoms with Crippen molar-refractivity contribution >= 4 is 24.0 Å². The first-order valence-electron chi connectivity index (χ1n) is 4.49. The first-order chi connectivity index (χ1) is 7.88. The van der Waals surface area contributed by atoms with Gasteiger partial charge in [0.25, 0.3) is 0 Å². The second-order valence-electron chi connectivity index (χ2n) is 3.27. The molecule has 0 aliphatic carbocycles. The summed E-state index contributed by atoms with van der Waals surface area (Å²) in [6.45, 7) is 1.14. The Kier molecular flexibility index (Phi) is 3.37. The molecular formula is C11H8O6. The quantitative estimate of drug-likeness (QED) is 0.598. The number of carboxylic acid groups (broad SMARTS) is 2. The van der Waals surface area contributed by atoms with Crippen LogP contribution < -0.4 is 0 Å². The normalized spacial score (nSPS) is 9.71. The molecule has 6 nitrogen and oxygen atoms in total. The second-order valence-corrected chi connectivity index (χ2v) is 3.27. The van der Waals surface area contributed by atoms with E-state index in [4.69, 9.17) is 10.2 Å². The Morgan fingerprint density at radius 1 is 1.00 bits per heavy atom. The number of aromatic carboxylic acids is 2. The van der Waals surface area contributed by atoms with Crippen molar-refractivity contribution in [3.05, 3.63) is 34.4 Å². The van der Waals surface area contributed by atoms with Gasteiger partial charge in [0, 0.05) is 11.1 Å². The predicted octanol–water partition coefficient (Wildman–Crippen LogP) is 1.10. The van der Waals surface area contributed by atoms with Crippen LogP contribution in [0.3, 0.4) is 0 Å². The van der Waals surface area contributed by atoms with Gasteiger partial charge in [-0.2, -0.15) is 0 Å². The van der Waals surface area contributed by atoms with Crippen molar-refractivity contribution in [2.75, 3.05) is 0 Å². The SMILES string of the molecule is CC(=O)c1cc(C=O)c(C(=O)O)cc1C(=O)O. The van der Waals surface area contributed by atoms with Crippen LogP contribution in [0.25, 0.3) is 0 Å². The summed E-state index contributed by atoms with van der Waals surface area (Å²) in [5.41, 5.74) is -1.29. The summed E-state index contributed by atoms with van der Waals surface area (Å²) in [4.78, 5) is 43.5. The zero-order valence-electron chi connectivity index (χ0n) is 8.76. The molecule has 0 aliphatic rings. The van der Waals surface area contributed by atoms with Gasteiger partial charge in [0.1, 0.15) is 0 Å². The maximum Gasteiger partial charge on any atom is 0.336 e. The fraction of sp³-hybridized carbons (Fsp3) is 0.0909. The van der Waals surface area contributed by atoms with Crippen LogP contribution >= 0.6 is 0 Å². The van der Waals surface area contributed by atoms with Crippen molar-refractivity contribution in [2.45, 2.75) is 6.92 Å². The Labute approximate surface area is 95.5 Å². The predicted molar refractivity (Wildman–Crippen MR) is 55.8 cm³/mol. The van der Waals surface area contributed by atoms with Gasteiger partial charge < -0.3 is 10.2 Å². The molecule has 1 rings (SSSR count). The van der Waals surface area contributed by atoms with Crippen molar-refractivity contribution < 1.29 is 29.4 Å². The molecule has 0 heterocycles. The van der Waals surface area contributed by atoms with Crippen LogP contribution in [0, 0.1) is 0 Å². The van der Waals surface area contributed by atoms with E-state index in [2.05, 4.69) is 0 Å². The molecule has 6 heteroatoms. The van der Waals surface area contributed by atoms with Crippen molar-refractivity contribution in [2.24, 2.45) is 0 Å². The van der Waals surface area contributed by atoms with E-state index in [0.29, 0.717) is 0 Å². The summed E-state index contributed by atoms with van der Waals surface area (Å²) in [5, 5.41) is 17.6. The highest BCUT2D eigenvalue weighted by Gasteiger charge is 2.20. The van der Waals surface area contributed by atoms with E-state index in [0.717, 1.165) is 19.1 Å². The van der Waals surface area contributed by atoms with E-state index < -0.39 is 28.8 Å². The molecule has 1 aromatic carbocycles. The molecule has 88 valence electrons. The fourth-order valence-corrected chi connectivity index (χ4v) is 1.37. The molecule has 0 amide bonds. The van der Waals surface area contributed by atoms with Crippen molar-refractivity contribution in [3.63, 3.8) is 0 Å². The Balaban J connectivity index is 3.65. The van der Waals surface area contributed by atoms with Gasteiger partial charge in [-0.1, -0.05) is 0 Å². The number of carboxylic acids is 2. The minimum Gasteiger partial charge on any atom is -0.478 e. The standard InChI is InChI=1S/C11H8O6/c1-5(13)7-2-6(4-12)8(10(14)15)3-9(7)11(16)17/h2-4H,1H3,(H,14,15)(H,16,17). The van der Waals surface area contributed by atoms with Crippen LogP contribution in [-0.4, -0.2) is 34.2 Å². The summed E-state index contributed by atoms with van der Waals surface area (Å²) >= 11 is 0. The molecule has 0 bridgehead atoms. The van der Waals surface area contributed by atoms with Gasteiger partial charge >= 0.3 is 11.9 Å². The Morgan fingerprint density at radius 2 is 1.53 bits per heavy atom. The molecular weight excluding hydrogens is 228 g/mol. The minimum absolute atomic E-state index is 0.190. The third kappa shape index (κ3) is 2.36. The Bertz CT molecular complexity index is 529. The lowest BCUT2D eigenvalue weighted by Gasteiger charge is -2.06. The number of carbonyl (C=O) groups is 4. The number of Topliss-reactive ketones (excluding diaryl/α,β-unsaturated/α-hetero) is 1. The summed E-state index contributed by atoms with van der Waals surface area (Å²) in [7, 11) is 0. The highest BCUT2D eigenvalue weighted by atomic mass is 16.4. The molecule has 0 unspecified atom stereocenters. The van der Waals surface area contributed by atoms with Gasteiger partial charge in [-0.15, -0.1) is 0 Å². The molecule has 0 spiro atoms. The van der Waals surface area contributed by atoms with Crippen molar-refractivity contribution in [1.29, 1.82) is 0 Å². The number of hydrogen-bond acceptors (Lipinski definition) is 4. The first kappa shape index (κ1) is 12.6. The number of carbonyl (C=O) groups excluding carboxylic acids is 2. The number of hydrogen-bond donors (Lipinski definition) is 2. The molecule has 17 heavy (non-hydrogen) atoms. The number of rotatable bonds is 4. The molecule has 2 N–H and O–H groups in total. The van der Waals surface area contributed by atoms with Gasteiger partial charge in [0.05, 0.1) is 11.1 Å². The lowest BCUT2D eigenvalue weighted by Crippen LogP contribution is -2.11. The van der Waals surface area contributed by atoms with E-state index in [1.807, 2.05) is 0 Å². The third-order valence-corrected chi connectivity index (χ3v) is 2.16. The van der Waals surface area contributed by atoms with Gasteiger partial charge in [-0.3, -0.25) is 9.59 Å². The summed E-state index contributed by atoms with van der Waals surface area (Å²) in [6.07, 6.45) is 0.265.